The van der Waals surface area contributed by atoms with E-state index in [-0.39, 0.29) is 36.1 Å². The van der Waals surface area contributed by atoms with Crippen LogP contribution in [0.1, 0.15) is 64.9 Å². The molecule has 2 aliphatic rings. The Hall–Kier alpha value is -1.03. The summed E-state index contributed by atoms with van der Waals surface area (Å²) >= 11 is 1.74. The van der Waals surface area contributed by atoms with Gasteiger partial charge in [-0.15, -0.1) is 24.0 Å². The molecule has 1 atom stereocenters. The molecule has 0 bridgehead atoms. The summed E-state index contributed by atoms with van der Waals surface area (Å²) in [5.41, 5.74) is 0.916. The predicted octanol–water partition coefficient (Wildman–Crippen LogP) is 5.16. The van der Waals surface area contributed by atoms with Crippen LogP contribution in [0.15, 0.2) is 21.8 Å². The Morgan fingerprint density at radius 3 is 2.52 bits per heavy atom. The van der Waals surface area contributed by atoms with Crippen LogP contribution in [-0.4, -0.2) is 66.7 Å². The minimum absolute atomic E-state index is 0. The van der Waals surface area contributed by atoms with Crippen molar-refractivity contribution >= 4 is 47.4 Å². The minimum atomic E-state index is -0.454. The van der Waals surface area contributed by atoms with Crippen molar-refractivity contribution in [3.8, 4) is 0 Å². The summed E-state index contributed by atoms with van der Waals surface area (Å²) in [6.07, 6.45) is 4.22. The highest BCUT2D eigenvalue weighted by molar-refractivity contribution is 14.0. The standard InChI is InChI=1S/C23H38N4O2S.HI/c1-17(19-10-13-30-16-19)14-25-21(24-5)26-11-8-20(9-12-26)27(15-18-6-7-18)22(28)29-23(2,3)4;/h10,13,16-18,20H,6-9,11-12,14-15H2,1-5H3,(H,24,25);1H. The fourth-order valence-electron chi connectivity index (χ4n) is 3.91. The fourth-order valence-corrected chi connectivity index (χ4v) is 4.69. The number of likely N-dealkylation sites (tertiary alicyclic amines) is 1. The first-order chi connectivity index (χ1) is 14.3. The van der Waals surface area contributed by atoms with Crippen molar-refractivity contribution in [2.45, 2.75) is 70.9 Å². The first-order valence-electron chi connectivity index (χ1n) is 11.2. The summed E-state index contributed by atoms with van der Waals surface area (Å²) < 4.78 is 5.72. The first kappa shape index (κ1) is 26.2. The van der Waals surface area contributed by atoms with Gasteiger partial charge in [0.2, 0.25) is 0 Å². The van der Waals surface area contributed by atoms with Gasteiger partial charge in [-0.3, -0.25) is 4.99 Å². The van der Waals surface area contributed by atoms with Gasteiger partial charge in [-0.2, -0.15) is 11.3 Å². The number of rotatable bonds is 6. The number of amides is 1. The molecular weight excluding hydrogens is 523 g/mol. The van der Waals surface area contributed by atoms with Gasteiger partial charge in [0.1, 0.15) is 5.60 Å². The van der Waals surface area contributed by atoms with Gasteiger partial charge in [0.25, 0.3) is 0 Å². The largest absolute Gasteiger partial charge is 0.444 e. The normalized spacial score (nSPS) is 18.9. The zero-order valence-electron chi connectivity index (χ0n) is 19.6. The minimum Gasteiger partial charge on any atom is -0.444 e. The van der Waals surface area contributed by atoms with E-state index < -0.39 is 5.60 Å². The Morgan fingerprint density at radius 2 is 2.00 bits per heavy atom. The number of carbonyl (C=O) groups excluding carboxylic acids is 1. The maximum absolute atomic E-state index is 12.8. The number of carbonyl (C=O) groups is 1. The van der Waals surface area contributed by atoms with Crippen LogP contribution in [0, 0.1) is 5.92 Å². The van der Waals surface area contributed by atoms with Gasteiger partial charge in [-0.05, 0) is 80.7 Å². The molecule has 0 aromatic carbocycles. The highest BCUT2D eigenvalue weighted by atomic mass is 127. The van der Waals surface area contributed by atoms with Crippen molar-refractivity contribution in [3.05, 3.63) is 22.4 Å². The molecular formula is C23H39IN4O2S. The number of guanidine groups is 1. The molecule has 1 aliphatic carbocycles. The molecule has 0 spiro atoms. The summed E-state index contributed by atoms with van der Waals surface area (Å²) in [5, 5.41) is 7.89. The molecule has 1 saturated heterocycles. The number of piperidine rings is 1. The molecule has 6 nitrogen and oxygen atoms in total. The molecule has 2 heterocycles. The van der Waals surface area contributed by atoms with E-state index in [1.165, 1.54) is 18.4 Å². The molecule has 2 fully saturated rings. The molecule has 1 unspecified atom stereocenters. The van der Waals surface area contributed by atoms with Crippen LogP contribution in [0.5, 0.6) is 0 Å². The highest BCUT2D eigenvalue weighted by Crippen LogP contribution is 2.32. The van der Waals surface area contributed by atoms with Crippen molar-refractivity contribution in [2.75, 3.05) is 33.2 Å². The topological polar surface area (TPSA) is 57.2 Å². The Kier molecular flexibility index (Phi) is 9.92. The van der Waals surface area contributed by atoms with E-state index in [2.05, 4.69) is 39.0 Å². The summed E-state index contributed by atoms with van der Waals surface area (Å²) in [6.45, 7) is 11.6. The molecule has 8 heteroatoms. The molecule has 1 saturated carbocycles. The highest BCUT2D eigenvalue weighted by Gasteiger charge is 2.35. The molecule has 1 aromatic rings. The Bertz CT molecular complexity index is 708. The average molecular weight is 563 g/mol. The Balaban J connectivity index is 0.00000341. The lowest BCUT2D eigenvalue weighted by Crippen LogP contribution is -2.52. The van der Waals surface area contributed by atoms with Gasteiger partial charge < -0.3 is 19.9 Å². The number of aliphatic imine (C=N–C) groups is 1. The SMILES string of the molecule is CN=C(NCC(C)c1ccsc1)N1CCC(N(CC2CC2)C(=O)OC(C)(C)C)CC1.I. The van der Waals surface area contributed by atoms with Crippen LogP contribution in [0.2, 0.25) is 0 Å². The second-order valence-corrected chi connectivity index (χ2v) is 10.5. The Labute approximate surface area is 208 Å². The van der Waals surface area contributed by atoms with E-state index >= 15 is 0 Å². The lowest BCUT2D eigenvalue weighted by molar-refractivity contribution is 0.00928. The second-order valence-electron chi connectivity index (χ2n) is 9.68. The van der Waals surface area contributed by atoms with Gasteiger partial charge in [-0.1, -0.05) is 6.92 Å². The zero-order chi connectivity index (χ0) is 21.7. The molecule has 31 heavy (non-hydrogen) atoms. The van der Waals surface area contributed by atoms with Crippen LogP contribution in [0.4, 0.5) is 4.79 Å². The molecule has 1 amide bonds. The molecule has 1 aromatic heterocycles. The summed E-state index contributed by atoms with van der Waals surface area (Å²) in [5.74, 6) is 2.07. The average Bonchev–Trinajstić information content (AvgIpc) is 3.35. The number of hydrogen-bond donors (Lipinski definition) is 1. The van der Waals surface area contributed by atoms with E-state index in [1.54, 1.807) is 11.3 Å². The lowest BCUT2D eigenvalue weighted by atomic mass is 10.0. The van der Waals surface area contributed by atoms with Gasteiger partial charge in [0.05, 0.1) is 0 Å². The molecule has 176 valence electrons. The fraction of sp³-hybridized carbons (Fsp3) is 0.739. The number of nitrogens with one attached hydrogen (secondary N) is 1. The van der Waals surface area contributed by atoms with Crippen LogP contribution in [0.3, 0.4) is 0 Å². The van der Waals surface area contributed by atoms with Crippen LogP contribution >= 0.6 is 35.3 Å². The van der Waals surface area contributed by atoms with Crippen LogP contribution < -0.4 is 5.32 Å². The maximum atomic E-state index is 12.8. The van der Waals surface area contributed by atoms with Crippen molar-refractivity contribution in [1.82, 2.24) is 15.1 Å². The summed E-state index contributed by atoms with van der Waals surface area (Å²) in [4.78, 5) is 21.7. The van der Waals surface area contributed by atoms with Gasteiger partial charge >= 0.3 is 6.09 Å². The van der Waals surface area contributed by atoms with Gasteiger partial charge in [0, 0.05) is 39.3 Å². The quantitative estimate of drug-likeness (QED) is 0.296. The van der Waals surface area contributed by atoms with E-state index in [0.717, 1.165) is 45.0 Å². The van der Waals surface area contributed by atoms with Crippen molar-refractivity contribution in [1.29, 1.82) is 0 Å². The number of hydrogen-bond acceptors (Lipinski definition) is 4. The van der Waals surface area contributed by atoms with Gasteiger partial charge in [-0.25, -0.2) is 4.79 Å². The van der Waals surface area contributed by atoms with E-state index in [4.69, 9.17) is 4.74 Å². The maximum Gasteiger partial charge on any atom is 0.410 e. The van der Waals surface area contributed by atoms with E-state index in [0.29, 0.717) is 11.8 Å². The molecule has 1 aliphatic heterocycles. The Morgan fingerprint density at radius 1 is 1.32 bits per heavy atom. The van der Waals surface area contributed by atoms with Crippen LogP contribution in [0.25, 0.3) is 0 Å². The molecule has 0 radical (unpaired) electrons. The second kappa shape index (κ2) is 11.7. The smallest absolute Gasteiger partial charge is 0.410 e. The van der Waals surface area contributed by atoms with Crippen molar-refractivity contribution < 1.29 is 9.53 Å². The molecule has 3 rings (SSSR count). The summed E-state index contributed by atoms with van der Waals surface area (Å²) in [6, 6.07) is 2.44. The third kappa shape index (κ3) is 8.11. The van der Waals surface area contributed by atoms with Crippen molar-refractivity contribution in [3.63, 3.8) is 0 Å². The van der Waals surface area contributed by atoms with E-state index in [1.807, 2.05) is 32.7 Å². The zero-order valence-corrected chi connectivity index (χ0v) is 22.7. The third-order valence-corrected chi connectivity index (χ3v) is 6.58. The monoisotopic (exact) mass is 562 g/mol. The van der Waals surface area contributed by atoms with E-state index in [9.17, 15) is 4.79 Å². The molecule has 1 N–H and O–H groups in total. The summed E-state index contributed by atoms with van der Waals surface area (Å²) in [7, 11) is 1.85. The number of thiophene rings is 1. The van der Waals surface area contributed by atoms with Crippen LogP contribution in [-0.2, 0) is 4.74 Å². The van der Waals surface area contributed by atoms with Gasteiger partial charge in [0.15, 0.2) is 5.96 Å². The first-order valence-corrected chi connectivity index (χ1v) is 12.2. The van der Waals surface area contributed by atoms with Crippen molar-refractivity contribution in [2.24, 2.45) is 10.9 Å². The predicted molar refractivity (Wildman–Crippen MR) is 140 cm³/mol. The number of halogens is 1. The third-order valence-electron chi connectivity index (χ3n) is 5.87. The number of nitrogens with zero attached hydrogens (tertiary/aromatic N) is 3. The number of ether oxygens (including phenoxy) is 1. The lowest BCUT2D eigenvalue weighted by Gasteiger charge is -2.40.